The Morgan fingerprint density at radius 2 is 2.02 bits per heavy atom. The topological polar surface area (TPSA) is 219 Å². The van der Waals surface area contributed by atoms with Crippen molar-refractivity contribution in [1.29, 1.82) is 0 Å². The van der Waals surface area contributed by atoms with Crippen LogP contribution >= 0.6 is 11.9 Å². The van der Waals surface area contributed by atoms with Gasteiger partial charge in [-0.05, 0) is 19.3 Å². The van der Waals surface area contributed by atoms with Gasteiger partial charge in [0.05, 0.1) is 55.5 Å². The molecule has 0 spiro atoms. The van der Waals surface area contributed by atoms with Crippen LogP contribution in [0.2, 0.25) is 0 Å². The van der Waals surface area contributed by atoms with Crippen molar-refractivity contribution in [3.63, 3.8) is 0 Å². The molecule has 7 unspecified atom stereocenters. The summed E-state index contributed by atoms with van der Waals surface area (Å²) in [6.45, 7) is 3.48. The van der Waals surface area contributed by atoms with E-state index < -0.39 is 30.3 Å². The van der Waals surface area contributed by atoms with Gasteiger partial charge in [-0.25, -0.2) is 0 Å². The Kier molecular flexibility index (Phi) is 10.2. The van der Waals surface area contributed by atoms with Gasteiger partial charge in [0.25, 0.3) is 0 Å². The summed E-state index contributed by atoms with van der Waals surface area (Å²) in [6, 6.07) is 0.698. The molecule has 5 aliphatic rings. The van der Waals surface area contributed by atoms with E-state index in [2.05, 4.69) is 31.3 Å². The molecule has 0 radical (unpaired) electrons. The van der Waals surface area contributed by atoms with Crippen LogP contribution in [0.15, 0.2) is 12.0 Å². The minimum Gasteiger partial charge on any atom is -0.472 e. The molecule has 4 aliphatic heterocycles. The van der Waals surface area contributed by atoms with Gasteiger partial charge in [0.15, 0.2) is 17.8 Å². The lowest BCUT2D eigenvalue weighted by Gasteiger charge is -2.37. The van der Waals surface area contributed by atoms with E-state index in [4.69, 9.17) is 31.4 Å². The SMILES string of the molecule is NC(=O)C(C(N)N)C(NCN[C@H]1CCCC[C@H]1[NH3+])NC1CC(C2COC3C(=O)C=C(N4CCOCC4)OC32)NS1. The third kappa shape index (κ3) is 6.91. The number of hydrogen-bond acceptors (Lipinski definition) is 13. The van der Waals surface area contributed by atoms with Crippen molar-refractivity contribution in [2.75, 3.05) is 39.6 Å². The lowest BCUT2D eigenvalue weighted by atomic mass is 9.89. The van der Waals surface area contributed by atoms with E-state index in [0.29, 0.717) is 57.5 Å². The maximum atomic E-state index is 12.9. The summed E-state index contributed by atoms with van der Waals surface area (Å²) in [5.41, 5.74) is 22.0. The smallest absolute Gasteiger partial charge is 0.226 e. The molecule has 0 aromatic rings. The minimum absolute atomic E-state index is 0.0185. The van der Waals surface area contributed by atoms with Crippen LogP contribution in [0.1, 0.15) is 32.1 Å². The Labute approximate surface area is 239 Å². The molecule has 3 saturated heterocycles. The summed E-state index contributed by atoms with van der Waals surface area (Å²) < 4.78 is 21.2. The average molecular weight is 585 g/mol. The lowest BCUT2D eigenvalue weighted by Crippen LogP contribution is -2.71. The molecule has 15 heteroatoms. The van der Waals surface area contributed by atoms with Crippen molar-refractivity contribution in [2.45, 2.75) is 80.1 Å². The van der Waals surface area contributed by atoms with Gasteiger partial charge in [-0.3, -0.25) is 30.3 Å². The summed E-state index contributed by atoms with van der Waals surface area (Å²) >= 11 is 1.53. The van der Waals surface area contributed by atoms with Crippen LogP contribution in [0.5, 0.6) is 0 Å². The largest absolute Gasteiger partial charge is 0.472 e. The van der Waals surface area contributed by atoms with E-state index >= 15 is 0 Å². The number of quaternary nitrogens is 1. The first-order chi connectivity index (χ1) is 19.3. The van der Waals surface area contributed by atoms with Gasteiger partial charge in [-0.1, -0.05) is 18.4 Å². The highest BCUT2D eigenvalue weighted by Crippen LogP contribution is 2.38. The van der Waals surface area contributed by atoms with E-state index in [1.165, 1.54) is 24.8 Å². The summed E-state index contributed by atoms with van der Waals surface area (Å²) in [7, 11) is 0. The third-order valence-electron chi connectivity index (χ3n) is 8.72. The number of carbonyl (C=O) groups excluding carboxylic acids is 2. The average Bonchev–Trinajstić information content (AvgIpc) is 3.57. The number of fused-ring (bicyclic) bond motifs is 1. The van der Waals surface area contributed by atoms with Crippen molar-refractivity contribution < 1.29 is 29.5 Å². The molecular formula is C25H46N9O5S+. The highest BCUT2D eigenvalue weighted by Gasteiger charge is 2.51. The van der Waals surface area contributed by atoms with E-state index in [0.717, 1.165) is 19.3 Å². The number of hydrogen-bond donors (Lipinski definition) is 8. The molecule has 40 heavy (non-hydrogen) atoms. The molecule has 0 aromatic carbocycles. The van der Waals surface area contributed by atoms with Crippen LogP contribution in [-0.4, -0.2) is 104 Å². The summed E-state index contributed by atoms with van der Waals surface area (Å²) in [5, 5.41) is 10.4. The molecule has 1 saturated carbocycles. The number of ketones is 1. The van der Waals surface area contributed by atoms with Gasteiger partial charge < -0.3 is 42.0 Å². The number of nitrogens with two attached hydrogens (primary N) is 3. The third-order valence-corrected chi connectivity index (χ3v) is 9.78. The fraction of sp³-hybridized carbons (Fsp3) is 0.840. The van der Waals surface area contributed by atoms with Crippen molar-refractivity contribution >= 4 is 23.6 Å². The van der Waals surface area contributed by atoms with Gasteiger partial charge in [-0.15, -0.1) is 0 Å². The maximum Gasteiger partial charge on any atom is 0.226 e. The number of morpholine rings is 1. The first kappa shape index (κ1) is 29.9. The molecule has 1 aliphatic carbocycles. The number of amides is 1. The Morgan fingerprint density at radius 1 is 1.25 bits per heavy atom. The summed E-state index contributed by atoms with van der Waals surface area (Å²) in [4.78, 5) is 27.3. The van der Waals surface area contributed by atoms with Crippen molar-refractivity contribution in [3.05, 3.63) is 12.0 Å². The van der Waals surface area contributed by atoms with Crippen molar-refractivity contribution in [1.82, 2.24) is 25.6 Å². The van der Waals surface area contributed by atoms with E-state index in [1.54, 1.807) is 6.08 Å². The number of nitrogens with one attached hydrogen (secondary N) is 4. The van der Waals surface area contributed by atoms with Crippen LogP contribution in [-0.2, 0) is 23.8 Å². The molecule has 1 amide bonds. The molecule has 14 nitrogen and oxygen atoms in total. The molecule has 0 bridgehead atoms. The normalized spacial score (nSPS) is 36.2. The highest BCUT2D eigenvalue weighted by atomic mass is 32.2. The zero-order valence-corrected chi connectivity index (χ0v) is 23.8. The zero-order valence-electron chi connectivity index (χ0n) is 23.0. The van der Waals surface area contributed by atoms with Crippen LogP contribution in [0.3, 0.4) is 0 Å². The number of carbonyl (C=O) groups is 2. The van der Waals surface area contributed by atoms with E-state index in [1.807, 2.05) is 0 Å². The second-order valence-electron chi connectivity index (χ2n) is 11.4. The molecule has 4 heterocycles. The Hall–Kier alpha value is -1.53. The van der Waals surface area contributed by atoms with Crippen LogP contribution in [0.4, 0.5) is 0 Å². The second kappa shape index (κ2) is 13.6. The van der Waals surface area contributed by atoms with Crippen LogP contribution < -0.4 is 43.6 Å². The van der Waals surface area contributed by atoms with E-state index in [-0.39, 0.29) is 29.2 Å². The minimum atomic E-state index is -0.927. The lowest BCUT2D eigenvalue weighted by molar-refractivity contribution is -0.431. The van der Waals surface area contributed by atoms with E-state index in [9.17, 15) is 9.59 Å². The van der Waals surface area contributed by atoms with Gasteiger partial charge in [0.1, 0.15) is 6.10 Å². The van der Waals surface area contributed by atoms with Crippen molar-refractivity contribution in [3.8, 4) is 0 Å². The fourth-order valence-corrected chi connectivity index (χ4v) is 7.53. The molecule has 0 aromatic heterocycles. The van der Waals surface area contributed by atoms with Gasteiger partial charge >= 0.3 is 0 Å². The van der Waals surface area contributed by atoms with Gasteiger partial charge in [-0.2, -0.15) is 0 Å². The quantitative estimate of drug-likeness (QED) is 0.0871. The monoisotopic (exact) mass is 584 g/mol. The zero-order chi connectivity index (χ0) is 28.2. The van der Waals surface area contributed by atoms with Crippen molar-refractivity contribution in [2.24, 2.45) is 29.0 Å². The predicted octanol–water partition coefficient (Wildman–Crippen LogP) is -3.57. The Morgan fingerprint density at radius 3 is 2.75 bits per heavy atom. The molecular weight excluding hydrogens is 538 g/mol. The number of primary amides is 1. The molecule has 13 N–H and O–H groups in total. The molecule has 226 valence electrons. The number of rotatable bonds is 11. The van der Waals surface area contributed by atoms with Gasteiger partial charge in [0, 0.05) is 44.2 Å². The number of ether oxygens (including phenoxy) is 3. The second-order valence-corrected chi connectivity index (χ2v) is 12.5. The maximum absolute atomic E-state index is 12.9. The fourth-order valence-electron chi connectivity index (χ4n) is 6.40. The first-order valence-corrected chi connectivity index (χ1v) is 15.3. The Balaban J connectivity index is 1.19. The van der Waals surface area contributed by atoms with Crippen LogP contribution in [0.25, 0.3) is 0 Å². The van der Waals surface area contributed by atoms with Crippen LogP contribution in [0, 0.1) is 11.8 Å². The Bertz CT molecular complexity index is 923. The first-order valence-electron chi connectivity index (χ1n) is 14.5. The molecule has 9 atom stereocenters. The number of nitrogens with zero attached hydrogens (tertiary/aromatic N) is 1. The molecule has 5 rings (SSSR count). The summed E-state index contributed by atoms with van der Waals surface area (Å²) in [6.07, 6.45) is 4.42. The highest BCUT2D eigenvalue weighted by molar-refractivity contribution is 7.98. The summed E-state index contributed by atoms with van der Waals surface area (Å²) in [5.74, 6) is -0.853. The standard InChI is InChI=1S/C25H45N9O5S/c26-14-3-1-2-4-15(14)30-12-31-25(20(23(27)28)24(29)36)32-18-9-16(33-40-18)13-11-38-22-17(35)10-19(39-21(13)22)34-5-7-37-8-6-34/h10,13-16,18,20-23,25,30-33H,1-9,11-12,26-28H2,(H2,29,36)/p+1/t13?,14-,15+,16?,18?,20?,21?,22?,25?/m1/s1. The van der Waals surface area contributed by atoms with Gasteiger partial charge in [0.2, 0.25) is 5.91 Å². The predicted molar refractivity (Wildman–Crippen MR) is 148 cm³/mol. The molecule has 4 fully saturated rings.